The zero-order chi connectivity index (χ0) is 8.39. The van der Waals surface area contributed by atoms with Gasteiger partial charge in [0.05, 0.1) is 0 Å². The Balaban J connectivity index is 2.36. The lowest BCUT2D eigenvalue weighted by Gasteiger charge is -2.15. The molecule has 2 nitrogen and oxygen atoms in total. The van der Waals surface area contributed by atoms with E-state index in [0.717, 1.165) is 5.75 Å². The van der Waals surface area contributed by atoms with E-state index in [9.17, 15) is 0 Å². The molecule has 2 N–H and O–H groups in total. The van der Waals surface area contributed by atoms with Gasteiger partial charge < -0.3 is 4.84 Å². The minimum absolute atomic E-state index is 0.774. The Morgan fingerprint density at radius 2 is 1.83 bits per heavy atom. The third kappa shape index (κ3) is 1.30. The maximum absolute atomic E-state index is 5.08. The van der Waals surface area contributed by atoms with E-state index in [2.05, 4.69) is 17.0 Å². The molecule has 12 heavy (non-hydrogen) atoms. The lowest BCUT2D eigenvalue weighted by Crippen LogP contribution is -2.06. The van der Waals surface area contributed by atoms with Crippen LogP contribution in [0.25, 0.3) is 0 Å². The zero-order valence-electron chi connectivity index (χ0n) is 7.05. The Morgan fingerprint density at radius 1 is 1.08 bits per heavy atom. The van der Waals surface area contributed by atoms with Gasteiger partial charge >= 0.3 is 0 Å². The molecule has 1 aliphatic rings. The van der Waals surface area contributed by atoms with Crippen molar-refractivity contribution < 1.29 is 4.84 Å². The van der Waals surface area contributed by atoms with Crippen LogP contribution in [-0.4, -0.2) is 0 Å². The predicted molar refractivity (Wildman–Crippen MR) is 47.9 cm³/mol. The van der Waals surface area contributed by atoms with Crippen LogP contribution in [0.3, 0.4) is 0 Å². The Labute approximate surface area is 72.3 Å². The first-order valence-corrected chi connectivity index (χ1v) is 4.38. The van der Waals surface area contributed by atoms with Crippen LogP contribution < -0.4 is 10.7 Å². The van der Waals surface area contributed by atoms with Gasteiger partial charge in [0.15, 0.2) is 0 Å². The summed E-state index contributed by atoms with van der Waals surface area (Å²) in [6.07, 6.45) is 4.99. The highest BCUT2D eigenvalue weighted by Gasteiger charge is 2.09. The summed E-state index contributed by atoms with van der Waals surface area (Å²) in [5, 5.41) is 0. The quantitative estimate of drug-likeness (QED) is 0.641. The second-order valence-electron chi connectivity index (χ2n) is 3.26. The summed E-state index contributed by atoms with van der Waals surface area (Å²) in [6, 6.07) is 6.11. The number of hydrogen-bond donors (Lipinski definition) is 1. The van der Waals surface area contributed by atoms with Gasteiger partial charge in [0.2, 0.25) is 0 Å². The van der Waals surface area contributed by atoms with E-state index in [-0.39, 0.29) is 0 Å². The molecule has 0 aliphatic heterocycles. The summed E-state index contributed by atoms with van der Waals surface area (Å²) < 4.78 is 0. The number of benzene rings is 1. The van der Waals surface area contributed by atoms with Gasteiger partial charge in [-0.25, -0.2) is 0 Å². The van der Waals surface area contributed by atoms with E-state index in [0.29, 0.717) is 0 Å². The van der Waals surface area contributed by atoms with Gasteiger partial charge in [-0.1, -0.05) is 6.07 Å². The van der Waals surface area contributed by atoms with Gasteiger partial charge in [-0.2, -0.15) is 5.90 Å². The first kappa shape index (κ1) is 7.62. The summed E-state index contributed by atoms with van der Waals surface area (Å²) in [5.74, 6) is 5.86. The van der Waals surface area contributed by atoms with Crippen molar-refractivity contribution in [3.63, 3.8) is 0 Å². The van der Waals surface area contributed by atoms with Crippen LogP contribution in [0.15, 0.2) is 18.2 Å². The topological polar surface area (TPSA) is 35.2 Å². The molecule has 1 aromatic rings. The Morgan fingerprint density at radius 3 is 2.58 bits per heavy atom. The van der Waals surface area contributed by atoms with Crippen LogP contribution in [-0.2, 0) is 12.8 Å². The highest BCUT2D eigenvalue weighted by Crippen LogP contribution is 2.24. The van der Waals surface area contributed by atoms with Crippen molar-refractivity contribution in [3.8, 4) is 5.75 Å². The first-order chi connectivity index (χ1) is 5.90. The third-order valence-electron chi connectivity index (χ3n) is 2.46. The van der Waals surface area contributed by atoms with Crippen molar-refractivity contribution in [1.82, 2.24) is 0 Å². The molecular weight excluding hydrogens is 150 g/mol. The zero-order valence-corrected chi connectivity index (χ0v) is 7.05. The van der Waals surface area contributed by atoms with Gasteiger partial charge in [0, 0.05) is 0 Å². The molecule has 1 aromatic carbocycles. The number of nitrogens with two attached hydrogens (primary N) is 1. The second-order valence-corrected chi connectivity index (χ2v) is 3.26. The van der Waals surface area contributed by atoms with Gasteiger partial charge in [0.1, 0.15) is 5.75 Å². The van der Waals surface area contributed by atoms with Crippen LogP contribution in [0.2, 0.25) is 0 Å². The normalized spacial score (nSPS) is 15.4. The van der Waals surface area contributed by atoms with Crippen molar-refractivity contribution in [2.24, 2.45) is 5.90 Å². The molecular formula is C10H13NO. The van der Waals surface area contributed by atoms with Crippen LogP contribution in [0.5, 0.6) is 5.75 Å². The van der Waals surface area contributed by atoms with Gasteiger partial charge in [-0.05, 0) is 48.9 Å². The highest BCUT2D eigenvalue weighted by atomic mass is 16.6. The van der Waals surface area contributed by atoms with Crippen LogP contribution in [0.1, 0.15) is 24.0 Å². The fourth-order valence-electron chi connectivity index (χ4n) is 1.78. The number of hydrogen-bond acceptors (Lipinski definition) is 2. The molecule has 0 radical (unpaired) electrons. The number of fused-ring (bicyclic) bond motifs is 1. The summed E-state index contributed by atoms with van der Waals surface area (Å²) >= 11 is 0. The van der Waals surface area contributed by atoms with Crippen molar-refractivity contribution in [1.29, 1.82) is 0 Å². The van der Waals surface area contributed by atoms with Crippen LogP contribution in [0, 0.1) is 0 Å². The Bertz CT molecular complexity index is 283. The van der Waals surface area contributed by atoms with Crippen LogP contribution in [0.4, 0.5) is 0 Å². The molecule has 64 valence electrons. The smallest absolute Gasteiger partial charge is 0.147 e. The van der Waals surface area contributed by atoms with E-state index in [1.165, 1.54) is 36.8 Å². The van der Waals surface area contributed by atoms with Gasteiger partial charge in [0.25, 0.3) is 0 Å². The molecule has 2 rings (SSSR count). The maximum Gasteiger partial charge on any atom is 0.147 e. The standard InChI is InChI=1S/C10H13NO/c11-12-10-6-5-8-3-1-2-4-9(8)7-10/h5-7H,1-4,11H2. The fraction of sp³-hybridized carbons (Fsp3) is 0.400. The van der Waals surface area contributed by atoms with E-state index in [4.69, 9.17) is 5.90 Å². The minimum atomic E-state index is 0.774. The maximum atomic E-state index is 5.08. The molecule has 0 fully saturated rings. The Kier molecular flexibility index (Phi) is 2.00. The SMILES string of the molecule is NOc1ccc2c(c1)CCCC2. The van der Waals surface area contributed by atoms with Gasteiger partial charge in [-0.3, -0.25) is 0 Å². The summed E-state index contributed by atoms with van der Waals surface area (Å²) in [5.41, 5.74) is 2.87. The summed E-state index contributed by atoms with van der Waals surface area (Å²) in [7, 11) is 0. The molecule has 0 heterocycles. The third-order valence-corrected chi connectivity index (χ3v) is 2.46. The monoisotopic (exact) mass is 163 g/mol. The van der Waals surface area contributed by atoms with Crippen molar-refractivity contribution in [2.45, 2.75) is 25.7 Å². The average Bonchev–Trinajstić information content (AvgIpc) is 2.17. The lowest BCUT2D eigenvalue weighted by molar-refractivity contribution is 0.334. The van der Waals surface area contributed by atoms with Crippen molar-refractivity contribution >= 4 is 0 Å². The van der Waals surface area contributed by atoms with E-state index in [1.807, 2.05) is 6.07 Å². The van der Waals surface area contributed by atoms with Gasteiger partial charge in [-0.15, -0.1) is 0 Å². The molecule has 0 saturated heterocycles. The molecule has 0 saturated carbocycles. The van der Waals surface area contributed by atoms with Crippen molar-refractivity contribution in [2.75, 3.05) is 0 Å². The first-order valence-electron chi connectivity index (χ1n) is 4.38. The molecule has 0 amide bonds. The predicted octanol–water partition coefficient (Wildman–Crippen LogP) is 1.82. The van der Waals surface area contributed by atoms with E-state index in [1.54, 1.807) is 0 Å². The second kappa shape index (κ2) is 3.15. The average molecular weight is 163 g/mol. The molecule has 2 heteroatoms. The van der Waals surface area contributed by atoms with E-state index < -0.39 is 0 Å². The van der Waals surface area contributed by atoms with Crippen LogP contribution >= 0.6 is 0 Å². The Hall–Kier alpha value is -1.02. The summed E-state index contributed by atoms with van der Waals surface area (Å²) in [4.78, 5) is 4.68. The molecule has 0 bridgehead atoms. The lowest BCUT2D eigenvalue weighted by atomic mass is 9.92. The minimum Gasteiger partial charge on any atom is -0.412 e. The van der Waals surface area contributed by atoms with Crippen molar-refractivity contribution in [3.05, 3.63) is 29.3 Å². The summed E-state index contributed by atoms with van der Waals surface area (Å²) in [6.45, 7) is 0. The highest BCUT2D eigenvalue weighted by molar-refractivity contribution is 5.36. The molecule has 0 atom stereocenters. The van der Waals surface area contributed by atoms with E-state index >= 15 is 0 Å². The number of aryl methyl sites for hydroxylation is 2. The molecule has 1 aliphatic carbocycles. The fourth-order valence-corrected chi connectivity index (χ4v) is 1.78. The number of rotatable bonds is 1. The molecule has 0 aromatic heterocycles. The molecule has 0 spiro atoms. The largest absolute Gasteiger partial charge is 0.412 e. The molecule has 0 unspecified atom stereocenters.